The maximum Gasteiger partial charge on any atom is 0.239 e. The van der Waals surface area contributed by atoms with Gasteiger partial charge in [0.15, 0.2) is 5.96 Å². The van der Waals surface area contributed by atoms with Crippen LogP contribution in [0.4, 0.5) is 0 Å². The van der Waals surface area contributed by atoms with Gasteiger partial charge in [-0.1, -0.05) is 48.0 Å². The van der Waals surface area contributed by atoms with Crippen molar-refractivity contribution in [3.63, 3.8) is 0 Å². The van der Waals surface area contributed by atoms with Crippen molar-refractivity contribution in [3.05, 3.63) is 59.7 Å². The van der Waals surface area contributed by atoms with Gasteiger partial charge in [0.05, 0.1) is 6.54 Å². The van der Waals surface area contributed by atoms with Gasteiger partial charge >= 0.3 is 0 Å². The van der Waals surface area contributed by atoms with Crippen LogP contribution < -0.4 is 16.0 Å². The van der Waals surface area contributed by atoms with Crippen LogP contribution in [0, 0.1) is 6.92 Å². The highest BCUT2D eigenvalue weighted by Crippen LogP contribution is 2.21. The Balaban J connectivity index is 0.00000392. The lowest BCUT2D eigenvalue weighted by molar-refractivity contribution is -0.121. The number of amides is 1. The number of carbonyl (C=O) groups excluding carboxylic acids is 1. The molecule has 2 rings (SSSR count). The van der Waals surface area contributed by atoms with Crippen LogP contribution in [0.25, 0.3) is 11.1 Å². The minimum atomic E-state index is -0.244. The van der Waals surface area contributed by atoms with Gasteiger partial charge in [-0.2, -0.15) is 0 Å². The van der Waals surface area contributed by atoms with Gasteiger partial charge in [-0.15, -0.1) is 24.0 Å². The first-order valence-electron chi connectivity index (χ1n) is 9.18. The molecule has 0 unspecified atom stereocenters. The van der Waals surface area contributed by atoms with E-state index in [0.29, 0.717) is 12.5 Å². The van der Waals surface area contributed by atoms with Crippen LogP contribution in [-0.4, -0.2) is 31.0 Å². The molecular weight excluding hydrogens is 463 g/mol. The molecule has 0 spiro atoms. The smallest absolute Gasteiger partial charge is 0.239 e. The average Bonchev–Trinajstić information content (AvgIpc) is 2.60. The molecule has 5 nitrogen and oxygen atoms in total. The lowest BCUT2D eigenvalue weighted by atomic mass is 10.0. The molecule has 0 saturated carbocycles. The van der Waals surface area contributed by atoms with Crippen LogP contribution in [0.15, 0.2) is 53.5 Å². The topological polar surface area (TPSA) is 65.5 Å². The SMILES string of the molecule is CN=C(NCC(=O)NC(C)(C)C)NCc1cccc(-c2cccc(C)c2)c1.I. The normalized spacial score (nSPS) is 11.4. The summed E-state index contributed by atoms with van der Waals surface area (Å²) in [5.41, 5.74) is 4.54. The highest BCUT2D eigenvalue weighted by Gasteiger charge is 2.13. The Morgan fingerprint density at radius 2 is 1.64 bits per heavy atom. The highest BCUT2D eigenvalue weighted by atomic mass is 127. The molecule has 28 heavy (non-hydrogen) atoms. The van der Waals surface area contributed by atoms with E-state index in [1.54, 1.807) is 7.05 Å². The van der Waals surface area contributed by atoms with Crippen molar-refractivity contribution in [2.75, 3.05) is 13.6 Å². The molecule has 0 aliphatic rings. The molecule has 0 aliphatic carbocycles. The Labute approximate surface area is 185 Å². The molecule has 0 atom stereocenters. The van der Waals surface area contributed by atoms with E-state index in [-0.39, 0.29) is 42.0 Å². The number of nitrogens with one attached hydrogen (secondary N) is 3. The number of halogens is 1. The first-order valence-corrected chi connectivity index (χ1v) is 9.18. The van der Waals surface area contributed by atoms with E-state index in [2.05, 4.69) is 76.4 Å². The summed E-state index contributed by atoms with van der Waals surface area (Å²) in [5.74, 6) is 0.534. The van der Waals surface area contributed by atoms with Crippen LogP contribution in [0.1, 0.15) is 31.9 Å². The first-order chi connectivity index (χ1) is 12.8. The van der Waals surface area contributed by atoms with Crippen LogP contribution in [0.5, 0.6) is 0 Å². The predicted octanol–water partition coefficient (Wildman–Crippen LogP) is 3.86. The molecule has 0 fully saturated rings. The van der Waals surface area contributed by atoms with E-state index in [4.69, 9.17) is 0 Å². The molecule has 2 aromatic rings. The second-order valence-corrected chi connectivity index (χ2v) is 7.65. The standard InChI is InChI=1S/C22H30N4O.HI/c1-16-8-6-10-18(12-16)19-11-7-9-17(13-19)14-24-21(23-5)25-15-20(27)26-22(2,3)4;/h6-13H,14-15H2,1-5H3,(H,26,27)(H2,23,24,25);1H. The molecular formula is C22H31IN4O. The summed E-state index contributed by atoms with van der Waals surface area (Å²) in [7, 11) is 1.69. The Hall–Kier alpha value is -2.09. The summed E-state index contributed by atoms with van der Waals surface area (Å²) in [6.07, 6.45) is 0. The Morgan fingerprint density at radius 1 is 1.00 bits per heavy atom. The van der Waals surface area contributed by atoms with Gasteiger partial charge in [-0.3, -0.25) is 9.79 Å². The number of guanidine groups is 1. The van der Waals surface area contributed by atoms with Gasteiger partial charge in [0, 0.05) is 19.1 Å². The third-order valence-corrected chi connectivity index (χ3v) is 3.89. The van der Waals surface area contributed by atoms with Crippen molar-refractivity contribution in [1.82, 2.24) is 16.0 Å². The molecule has 0 radical (unpaired) electrons. The molecule has 0 aliphatic heterocycles. The van der Waals surface area contributed by atoms with Gasteiger partial charge in [-0.05, 0) is 50.5 Å². The molecule has 3 N–H and O–H groups in total. The third-order valence-electron chi connectivity index (χ3n) is 3.89. The maximum absolute atomic E-state index is 11.9. The predicted molar refractivity (Wildman–Crippen MR) is 128 cm³/mol. The largest absolute Gasteiger partial charge is 0.352 e. The zero-order valence-electron chi connectivity index (χ0n) is 17.3. The highest BCUT2D eigenvalue weighted by molar-refractivity contribution is 14.0. The lowest BCUT2D eigenvalue weighted by Crippen LogP contribution is -2.48. The number of hydrogen-bond acceptors (Lipinski definition) is 2. The summed E-state index contributed by atoms with van der Waals surface area (Å²) in [5, 5.41) is 9.21. The van der Waals surface area contributed by atoms with E-state index >= 15 is 0 Å². The summed E-state index contributed by atoms with van der Waals surface area (Å²) in [6.45, 7) is 8.78. The monoisotopic (exact) mass is 494 g/mol. The minimum Gasteiger partial charge on any atom is -0.352 e. The van der Waals surface area contributed by atoms with Gasteiger partial charge in [0.1, 0.15) is 0 Å². The van der Waals surface area contributed by atoms with E-state index in [9.17, 15) is 4.79 Å². The molecule has 6 heteroatoms. The number of rotatable bonds is 5. The lowest BCUT2D eigenvalue weighted by Gasteiger charge is -2.21. The van der Waals surface area contributed by atoms with Crippen molar-refractivity contribution < 1.29 is 4.79 Å². The van der Waals surface area contributed by atoms with Crippen molar-refractivity contribution in [2.45, 2.75) is 39.8 Å². The average molecular weight is 494 g/mol. The zero-order valence-corrected chi connectivity index (χ0v) is 19.6. The minimum absolute atomic E-state index is 0. The van der Waals surface area contributed by atoms with E-state index in [1.165, 1.54) is 16.7 Å². The molecule has 0 saturated heterocycles. The zero-order chi connectivity index (χ0) is 19.9. The molecule has 2 aromatic carbocycles. The first kappa shape index (κ1) is 23.9. The van der Waals surface area contributed by atoms with Crippen LogP contribution in [-0.2, 0) is 11.3 Å². The number of aliphatic imine (C=N–C) groups is 1. The van der Waals surface area contributed by atoms with Crippen molar-refractivity contribution in [1.29, 1.82) is 0 Å². The summed E-state index contributed by atoms with van der Waals surface area (Å²) in [4.78, 5) is 16.1. The quantitative estimate of drug-likeness (QED) is 0.336. The molecule has 0 heterocycles. The van der Waals surface area contributed by atoms with Crippen LogP contribution in [0.2, 0.25) is 0 Å². The van der Waals surface area contributed by atoms with E-state index < -0.39 is 0 Å². The summed E-state index contributed by atoms with van der Waals surface area (Å²) < 4.78 is 0. The van der Waals surface area contributed by atoms with Crippen molar-refractivity contribution >= 4 is 35.8 Å². The van der Waals surface area contributed by atoms with Gasteiger partial charge in [0.2, 0.25) is 5.91 Å². The Morgan fingerprint density at radius 3 is 2.25 bits per heavy atom. The van der Waals surface area contributed by atoms with Crippen molar-refractivity contribution in [2.24, 2.45) is 4.99 Å². The molecule has 1 amide bonds. The Bertz CT molecular complexity index is 812. The number of aryl methyl sites for hydroxylation is 1. The fraction of sp³-hybridized carbons (Fsp3) is 0.364. The number of nitrogens with zero attached hydrogens (tertiary/aromatic N) is 1. The fourth-order valence-electron chi connectivity index (χ4n) is 2.72. The molecule has 152 valence electrons. The number of carbonyl (C=O) groups is 1. The van der Waals surface area contributed by atoms with Crippen molar-refractivity contribution in [3.8, 4) is 11.1 Å². The van der Waals surface area contributed by atoms with E-state index in [0.717, 1.165) is 5.56 Å². The van der Waals surface area contributed by atoms with Gasteiger partial charge in [0.25, 0.3) is 0 Å². The molecule has 0 bridgehead atoms. The third kappa shape index (κ3) is 8.29. The Kier molecular flexibility index (Phi) is 9.45. The summed E-state index contributed by atoms with van der Waals surface area (Å²) >= 11 is 0. The second-order valence-electron chi connectivity index (χ2n) is 7.65. The van der Waals surface area contributed by atoms with Crippen LogP contribution in [0.3, 0.4) is 0 Å². The van der Waals surface area contributed by atoms with Gasteiger partial charge < -0.3 is 16.0 Å². The molecule has 0 aromatic heterocycles. The van der Waals surface area contributed by atoms with E-state index in [1.807, 2.05) is 20.8 Å². The number of hydrogen-bond donors (Lipinski definition) is 3. The van der Waals surface area contributed by atoms with Crippen LogP contribution >= 0.6 is 24.0 Å². The number of benzene rings is 2. The van der Waals surface area contributed by atoms with Gasteiger partial charge in [-0.25, -0.2) is 0 Å². The fourth-order valence-corrected chi connectivity index (χ4v) is 2.72. The summed E-state index contributed by atoms with van der Waals surface area (Å²) in [6, 6.07) is 16.9. The second kappa shape index (κ2) is 11.0. The maximum atomic E-state index is 11.9.